The van der Waals surface area contributed by atoms with Crippen molar-refractivity contribution in [3.05, 3.63) is 88.5 Å². The van der Waals surface area contributed by atoms with Crippen LogP contribution < -0.4 is 10.1 Å². The number of aliphatic carboxylic acids is 1. The van der Waals surface area contributed by atoms with Gasteiger partial charge >= 0.3 is 12.1 Å². The minimum absolute atomic E-state index is 0.0787. The number of amides is 1. The van der Waals surface area contributed by atoms with Gasteiger partial charge in [-0.2, -0.15) is 0 Å². The molecule has 1 unspecified atom stereocenters. The summed E-state index contributed by atoms with van der Waals surface area (Å²) < 4.78 is 11.1. The van der Waals surface area contributed by atoms with E-state index in [9.17, 15) is 14.7 Å². The van der Waals surface area contributed by atoms with Crippen LogP contribution >= 0.6 is 0 Å². The molecular formula is C29H29NO5. The van der Waals surface area contributed by atoms with Crippen LogP contribution in [-0.2, 0) is 28.8 Å². The minimum atomic E-state index is -1.08. The van der Waals surface area contributed by atoms with Gasteiger partial charge in [0.25, 0.3) is 0 Å². The lowest BCUT2D eigenvalue weighted by Crippen LogP contribution is -2.43. The molecule has 0 saturated heterocycles. The number of nitrogens with one attached hydrogen (secondary N) is 1. The van der Waals surface area contributed by atoms with Crippen molar-refractivity contribution in [2.24, 2.45) is 0 Å². The number of rotatable bonds is 7. The van der Waals surface area contributed by atoms with Crippen LogP contribution in [0, 0.1) is 0 Å². The number of carboxylic acid groups (broad SMARTS) is 1. The van der Waals surface area contributed by atoms with Crippen LogP contribution in [0.15, 0.2) is 60.7 Å². The van der Waals surface area contributed by atoms with E-state index in [1.807, 2.05) is 48.5 Å². The topological polar surface area (TPSA) is 84.9 Å². The highest BCUT2D eigenvalue weighted by atomic mass is 16.5. The molecule has 3 aromatic carbocycles. The Bertz CT molecular complexity index is 1220. The number of hydrogen-bond donors (Lipinski definition) is 2. The molecule has 6 heteroatoms. The van der Waals surface area contributed by atoms with Gasteiger partial charge < -0.3 is 19.9 Å². The van der Waals surface area contributed by atoms with Crippen LogP contribution in [0.1, 0.15) is 46.6 Å². The second kappa shape index (κ2) is 9.82. The van der Waals surface area contributed by atoms with Gasteiger partial charge in [-0.25, -0.2) is 9.59 Å². The van der Waals surface area contributed by atoms with E-state index in [0.29, 0.717) is 0 Å². The number of methoxy groups -OCH3 is 1. The molecule has 35 heavy (non-hydrogen) atoms. The Morgan fingerprint density at radius 1 is 0.943 bits per heavy atom. The maximum Gasteiger partial charge on any atom is 0.407 e. The lowest BCUT2D eigenvalue weighted by atomic mass is 9.85. The largest absolute Gasteiger partial charge is 0.496 e. The highest BCUT2D eigenvalue weighted by Gasteiger charge is 2.30. The van der Waals surface area contributed by atoms with Crippen LogP contribution in [-0.4, -0.2) is 36.9 Å². The quantitative estimate of drug-likeness (QED) is 0.500. The van der Waals surface area contributed by atoms with Crippen molar-refractivity contribution >= 4 is 12.1 Å². The Labute approximate surface area is 204 Å². The molecular weight excluding hydrogens is 442 g/mol. The molecule has 6 nitrogen and oxygen atoms in total. The van der Waals surface area contributed by atoms with Gasteiger partial charge in [-0.3, -0.25) is 0 Å². The Balaban J connectivity index is 1.28. The normalized spacial score (nSPS) is 14.9. The first-order chi connectivity index (χ1) is 17.1. The molecule has 0 aliphatic heterocycles. The van der Waals surface area contributed by atoms with Gasteiger partial charge in [0, 0.05) is 12.3 Å². The first-order valence-electron chi connectivity index (χ1n) is 12.1. The van der Waals surface area contributed by atoms with Crippen LogP contribution in [0.3, 0.4) is 0 Å². The summed E-state index contributed by atoms with van der Waals surface area (Å²) in [4.78, 5) is 24.7. The maximum absolute atomic E-state index is 12.7. The molecule has 0 aromatic heterocycles. The summed E-state index contributed by atoms with van der Waals surface area (Å²) in [6.07, 6.45) is 3.44. The molecule has 0 bridgehead atoms. The summed E-state index contributed by atoms with van der Waals surface area (Å²) in [5.74, 6) is -0.316. The number of carbonyl (C=O) groups is 2. The Morgan fingerprint density at radius 2 is 1.57 bits per heavy atom. The van der Waals surface area contributed by atoms with E-state index in [2.05, 4.69) is 17.4 Å². The highest BCUT2D eigenvalue weighted by Crippen LogP contribution is 2.44. The summed E-state index contributed by atoms with van der Waals surface area (Å²) >= 11 is 0. The van der Waals surface area contributed by atoms with Crippen molar-refractivity contribution < 1.29 is 24.2 Å². The van der Waals surface area contributed by atoms with Crippen LogP contribution in [0.5, 0.6) is 5.75 Å². The number of ether oxygens (including phenoxy) is 2. The molecule has 0 spiro atoms. The van der Waals surface area contributed by atoms with E-state index in [4.69, 9.17) is 9.47 Å². The smallest absolute Gasteiger partial charge is 0.407 e. The zero-order valence-corrected chi connectivity index (χ0v) is 19.8. The number of hydrogen-bond acceptors (Lipinski definition) is 4. The first kappa shape index (κ1) is 23.0. The Morgan fingerprint density at radius 3 is 2.20 bits per heavy atom. The predicted molar refractivity (Wildman–Crippen MR) is 133 cm³/mol. The van der Waals surface area contributed by atoms with E-state index in [1.54, 1.807) is 7.11 Å². The molecule has 3 aromatic rings. The van der Waals surface area contributed by atoms with Gasteiger partial charge in [0.05, 0.1) is 7.11 Å². The molecule has 2 N–H and O–H groups in total. The molecule has 5 rings (SSSR count). The van der Waals surface area contributed by atoms with E-state index in [-0.39, 0.29) is 18.9 Å². The minimum Gasteiger partial charge on any atom is -0.496 e. The summed E-state index contributed by atoms with van der Waals surface area (Å²) in [5, 5.41) is 12.4. The fraction of sp³-hybridized carbons (Fsp3) is 0.310. The average molecular weight is 472 g/mol. The number of alkyl carbamates (subject to hydrolysis) is 1. The lowest BCUT2D eigenvalue weighted by molar-refractivity contribution is -0.139. The van der Waals surface area contributed by atoms with Crippen molar-refractivity contribution in [3.8, 4) is 16.9 Å². The average Bonchev–Trinajstić information content (AvgIpc) is 3.21. The third-order valence-electron chi connectivity index (χ3n) is 7.17. The third kappa shape index (κ3) is 4.48. The van der Waals surface area contributed by atoms with Gasteiger partial charge in [-0.05, 0) is 70.7 Å². The van der Waals surface area contributed by atoms with Gasteiger partial charge in [0.2, 0.25) is 0 Å². The molecule has 0 radical (unpaired) electrons. The zero-order valence-electron chi connectivity index (χ0n) is 19.8. The van der Waals surface area contributed by atoms with Crippen LogP contribution in [0.25, 0.3) is 11.1 Å². The van der Waals surface area contributed by atoms with Gasteiger partial charge in [0.15, 0.2) is 0 Å². The number of fused-ring (bicyclic) bond motifs is 4. The molecule has 180 valence electrons. The standard InChI is InChI=1S/C29H29NO5/c1-34-27-15-14-18(19-8-2-7-13-24(19)27)16-26(28(31)32)30-29(33)35-17-25-22-11-5-3-9-20(22)21-10-4-6-12-23(21)25/h3-6,9-12,14-15,25-26H,2,7-8,13,16-17H2,1H3,(H,30,33)(H,31,32). The SMILES string of the molecule is COc1ccc(CC(NC(=O)OCC2c3ccccc3-c3ccccc32)C(=O)O)c2c1CCCC2. The van der Waals surface area contributed by atoms with Crippen molar-refractivity contribution in [1.29, 1.82) is 0 Å². The summed E-state index contributed by atoms with van der Waals surface area (Å²) in [6, 6.07) is 18.9. The summed E-state index contributed by atoms with van der Waals surface area (Å²) in [5.41, 5.74) is 7.75. The monoisotopic (exact) mass is 471 g/mol. The first-order valence-corrected chi connectivity index (χ1v) is 12.1. The fourth-order valence-corrected chi connectivity index (χ4v) is 5.49. The van der Waals surface area contributed by atoms with Crippen LogP contribution in [0.2, 0.25) is 0 Å². The Hall–Kier alpha value is -3.80. The third-order valence-corrected chi connectivity index (χ3v) is 7.17. The maximum atomic E-state index is 12.7. The molecule has 0 fully saturated rings. The van der Waals surface area contributed by atoms with Crippen molar-refractivity contribution in [3.63, 3.8) is 0 Å². The lowest BCUT2D eigenvalue weighted by Gasteiger charge is -2.24. The summed E-state index contributed by atoms with van der Waals surface area (Å²) in [7, 11) is 1.66. The van der Waals surface area contributed by atoms with Crippen LogP contribution in [0.4, 0.5) is 4.79 Å². The van der Waals surface area contributed by atoms with Gasteiger partial charge in [-0.1, -0.05) is 54.6 Å². The van der Waals surface area contributed by atoms with E-state index in [1.165, 1.54) is 0 Å². The molecule has 2 aliphatic rings. The van der Waals surface area contributed by atoms with Crippen molar-refractivity contribution in [2.45, 2.75) is 44.1 Å². The fourth-order valence-electron chi connectivity index (χ4n) is 5.49. The number of benzene rings is 3. The van der Waals surface area contributed by atoms with Crippen molar-refractivity contribution in [2.75, 3.05) is 13.7 Å². The second-order valence-electron chi connectivity index (χ2n) is 9.16. The van der Waals surface area contributed by atoms with Gasteiger partial charge in [-0.15, -0.1) is 0 Å². The van der Waals surface area contributed by atoms with Gasteiger partial charge in [0.1, 0.15) is 18.4 Å². The summed E-state index contributed by atoms with van der Waals surface area (Å²) in [6.45, 7) is 0.143. The molecule has 0 heterocycles. The number of carbonyl (C=O) groups excluding carboxylic acids is 1. The van der Waals surface area contributed by atoms with E-state index in [0.717, 1.165) is 70.4 Å². The predicted octanol–water partition coefficient (Wildman–Crippen LogP) is 5.11. The van der Waals surface area contributed by atoms with E-state index >= 15 is 0 Å². The Kier molecular flexibility index (Phi) is 6.45. The van der Waals surface area contributed by atoms with Crippen molar-refractivity contribution in [1.82, 2.24) is 5.32 Å². The zero-order chi connectivity index (χ0) is 24.4. The number of carboxylic acids is 1. The molecule has 2 aliphatic carbocycles. The molecule has 1 amide bonds. The highest BCUT2D eigenvalue weighted by molar-refractivity contribution is 5.81. The second-order valence-corrected chi connectivity index (χ2v) is 9.16. The molecule has 0 saturated carbocycles. The van der Waals surface area contributed by atoms with E-state index < -0.39 is 18.1 Å². The molecule has 1 atom stereocenters.